The molecule has 2 heterocycles. The molecule has 2 aromatic heterocycles. The van der Waals surface area contributed by atoms with E-state index in [-0.39, 0.29) is 35.1 Å². The molecule has 0 aliphatic rings. The lowest BCUT2D eigenvalue weighted by molar-refractivity contribution is 0.0953. The highest BCUT2D eigenvalue weighted by atomic mass is 32.1. The summed E-state index contributed by atoms with van der Waals surface area (Å²) in [5.41, 5.74) is 0.951. The number of hydrogen-bond donors (Lipinski definition) is 3. The summed E-state index contributed by atoms with van der Waals surface area (Å²) in [5, 5.41) is 16.8. The minimum Gasteiger partial charge on any atom is -0.396 e. The lowest BCUT2D eigenvalue weighted by atomic mass is 10.1. The molecule has 8 heteroatoms. The molecule has 6 nitrogen and oxygen atoms in total. The first-order chi connectivity index (χ1) is 12.9. The van der Waals surface area contributed by atoms with Gasteiger partial charge in [0.2, 0.25) is 0 Å². The van der Waals surface area contributed by atoms with Gasteiger partial charge < -0.3 is 15.7 Å². The van der Waals surface area contributed by atoms with Crippen LogP contribution in [0.3, 0.4) is 0 Å². The number of hydrogen-bond acceptors (Lipinski definition) is 5. The van der Waals surface area contributed by atoms with Gasteiger partial charge in [-0.25, -0.2) is 4.39 Å². The summed E-state index contributed by atoms with van der Waals surface area (Å²) in [6.07, 6.45) is 0.417. The molecule has 1 amide bonds. The van der Waals surface area contributed by atoms with Crippen LogP contribution in [-0.2, 0) is 7.05 Å². The van der Waals surface area contributed by atoms with E-state index in [0.717, 1.165) is 5.56 Å². The van der Waals surface area contributed by atoms with E-state index in [2.05, 4.69) is 10.6 Å². The van der Waals surface area contributed by atoms with Gasteiger partial charge in [-0.3, -0.25) is 14.2 Å². The summed E-state index contributed by atoms with van der Waals surface area (Å²) in [6, 6.07) is 6.36. The summed E-state index contributed by atoms with van der Waals surface area (Å²) in [7, 11) is 1.54. The highest BCUT2D eigenvalue weighted by Gasteiger charge is 2.22. The minimum absolute atomic E-state index is 0.0400. The van der Waals surface area contributed by atoms with Crippen molar-refractivity contribution in [3.8, 4) is 0 Å². The average Bonchev–Trinajstić information content (AvgIpc) is 3.11. The quantitative estimate of drug-likeness (QED) is 0.566. The van der Waals surface area contributed by atoms with Crippen LogP contribution in [0.2, 0.25) is 0 Å². The fraction of sp³-hybridized carbons (Fsp3) is 0.263. The number of aliphatic hydroxyl groups is 1. The normalized spacial score (nSPS) is 11.0. The van der Waals surface area contributed by atoms with E-state index >= 15 is 0 Å². The highest BCUT2D eigenvalue weighted by Crippen LogP contribution is 2.30. The molecule has 0 spiro atoms. The Morgan fingerprint density at radius 1 is 1.33 bits per heavy atom. The van der Waals surface area contributed by atoms with Gasteiger partial charge in [0.25, 0.3) is 11.5 Å². The molecule has 0 fully saturated rings. The average molecular weight is 389 g/mol. The number of carbonyl (C=O) groups excluding carboxylic acids is 1. The molecule has 3 aromatic rings. The highest BCUT2D eigenvalue weighted by molar-refractivity contribution is 7.17. The third-order valence-corrected chi connectivity index (χ3v) is 5.16. The molecule has 0 unspecified atom stereocenters. The largest absolute Gasteiger partial charge is 0.396 e. The van der Waals surface area contributed by atoms with Gasteiger partial charge in [0.15, 0.2) is 0 Å². The molecular weight excluding hydrogens is 369 g/mol. The van der Waals surface area contributed by atoms with Crippen LogP contribution in [0.4, 0.5) is 15.9 Å². The zero-order valence-corrected chi connectivity index (χ0v) is 15.8. The van der Waals surface area contributed by atoms with Gasteiger partial charge in [-0.15, -0.1) is 11.3 Å². The number of fused-ring (bicyclic) bond motifs is 1. The third kappa shape index (κ3) is 3.72. The van der Waals surface area contributed by atoms with Gasteiger partial charge in [-0.05, 0) is 42.5 Å². The lowest BCUT2D eigenvalue weighted by Gasteiger charge is -2.17. The van der Waals surface area contributed by atoms with Crippen LogP contribution in [0, 0.1) is 12.7 Å². The summed E-state index contributed by atoms with van der Waals surface area (Å²) in [4.78, 5) is 25.5. The Morgan fingerprint density at radius 2 is 2.11 bits per heavy atom. The topological polar surface area (TPSA) is 83.4 Å². The Balaban J connectivity index is 2.14. The van der Waals surface area contributed by atoms with Crippen LogP contribution >= 0.6 is 11.3 Å². The number of halogens is 1. The van der Waals surface area contributed by atoms with Gasteiger partial charge in [0, 0.05) is 20.2 Å². The van der Waals surface area contributed by atoms with Crippen molar-refractivity contribution in [2.75, 3.05) is 18.5 Å². The van der Waals surface area contributed by atoms with Crippen molar-refractivity contribution in [2.24, 2.45) is 7.05 Å². The molecule has 0 aliphatic carbocycles. The van der Waals surface area contributed by atoms with Crippen molar-refractivity contribution < 1.29 is 14.3 Å². The van der Waals surface area contributed by atoms with Crippen LogP contribution in [-0.4, -0.2) is 28.7 Å². The van der Waals surface area contributed by atoms with Crippen molar-refractivity contribution in [3.63, 3.8) is 0 Å². The Bertz CT molecular complexity index is 1060. The maximum absolute atomic E-state index is 14.3. The van der Waals surface area contributed by atoms with Gasteiger partial charge >= 0.3 is 0 Å². The molecule has 0 atom stereocenters. The SMILES string of the molecule is Cc1ccc(Nc2c(C(=O)NCCCO)c3sccc3c(=O)n2C)c(F)c1. The number of benzene rings is 1. The molecule has 142 valence electrons. The van der Waals surface area contributed by atoms with E-state index in [1.807, 2.05) is 0 Å². The molecule has 1 aromatic carbocycles. The van der Waals surface area contributed by atoms with Gasteiger partial charge in [0.1, 0.15) is 11.6 Å². The van der Waals surface area contributed by atoms with Crippen molar-refractivity contribution in [1.82, 2.24) is 9.88 Å². The molecule has 3 N–H and O–H groups in total. The molecule has 27 heavy (non-hydrogen) atoms. The standard InChI is InChI=1S/C19H20FN3O3S/c1-11-4-5-14(13(20)10-11)22-17-15(18(25)21-7-3-8-24)16-12(6-9-27-16)19(26)23(17)2/h4-6,9-10,22,24H,3,7-8H2,1-2H3,(H,21,25). The lowest BCUT2D eigenvalue weighted by Crippen LogP contribution is -2.29. The summed E-state index contributed by atoms with van der Waals surface area (Å²) in [5.74, 6) is -0.638. The molecule has 3 rings (SSSR count). The second kappa shape index (κ2) is 7.89. The second-order valence-corrected chi connectivity index (χ2v) is 7.11. The second-order valence-electron chi connectivity index (χ2n) is 6.19. The number of aliphatic hydroxyl groups excluding tert-OH is 1. The summed E-state index contributed by atoms with van der Waals surface area (Å²) < 4.78 is 16.2. The number of pyridine rings is 1. The third-order valence-electron chi connectivity index (χ3n) is 4.22. The van der Waals surface area contributed by atoms with E-state index in [1.165, 1.54) is 22.0 Å². The van der Waals surface area contributed by atoms with Gasteiger partial charge in [-0.2, -0.15) is 0 Å². The van der Waals surface area contributed by atoms with E-state index in [1.54, 1.807) is 37.6 Å². The van der Waals surface area contributed by atoms with E-state index in [0.29, 0.717) is 23.1 Å². The van der Waals surface area contributed by atoms with Crippen LogP contribution in [0.1, 0.15) is 22.3 Å². The van der Waals surface area contributed by atoms with Crippen molar-refractivity contribution in [3.05, 3.63) is 56.9 Å². The molecule has 0 bridgehead atoms. The number of anilines is 2. The fourth-order valence-electron chi connectivity index (χ4n) is 2.80. The van der Waals surface area contributed by atoms with Crippen molar-refractivity contribution in [1.29, 1.82) is 0 Å². The number of aromatic nitrogens is 1. The first-order valence-electron chi connectivity index (χ1n) is 8.46. The van der Waals surface area contributed by atoms with Crippen LogP contribution in [0.5, 0.6) is 0 Å². The van der Waals surface area contributed by atoms with E-state index in [4.69, 9.17) is 5.11 Å². The Kier molecular flexibility index (Phi) is 5.57. The van der Waals surface area contributed by atoms with E-state index in [9.17, 15) is 14.0 Å². The zero-order chi connectivity index (χ0) is 19.6. The predicted molar refractivity (Wildman–Crippen MR) is 106 cm³/mol. The first kappa shape index (κ1) is 19.1. The predicted octanol–water partition coefficient (Wildman–Crippen LogP) is 2.90. The van der Waals surface area contributed by atoms with Crippen molar-refractivity contribution in [2.45, 2.75) is 13.3 Å². The first-order valence-corrected chi connectivity index (χ1v) is 9.34. The summed E-state index contributed by atoms with van der Waals surface area (Å²) >= 11 is 1.28. The monoisotopic (exact) mass is 389 g/mol. The number of rotatable bonds is 6. The van der Waals surface area contributed by atoms with Crippen LogP contribution in [0.15, 0.2) is 34.4 Å². The van der Waals surface area contributed by atoms with E-state index < -0.39 is 5.82 Å². The maximum Gasteiger partial charge on any atom is 0.260 e. The summed E-state index contributed by atoms with van der Waals surface area (Å²) in [6.45, 7) is 2.03. The molecule has 0 radical (unpaired) electrons. The number of nitrogens with one attached hydrogen (secondary N) is 2. The van der Waals surface area contributed by atoms with Crippen LogP contribution in [0.25, 0.3) is 10.1 Å². The van der Waals surface area contributed by atoms with Gasteiger partial charge in [-0.1, -0.05) is 6.07 Å². The molecular formula is C19H20FN3O3S. The minimum atomic E-state index is -0.472. The molecule has 0 aliphatic heterocycles. The fourth-order valence-corrected chi connectivity index (χ4v) is 3.73. The Hall–Kier alpha value is -2.71. The van der Waals surface area contributed by atoms with Crippen LogP contribution < -0.4 is 16.2 Å². The molecule has 0 saturated heterocycles. The van der Waals surface area contributed by atoms with Gasteiger partial charge in [0.05, 0.1) is 21.3 Å². The molecule has 0 saturated carbocycles. The number of aryl methyl sites for hydroxylation is 1. The maximum atomic E-state index is 14.3. The number of amides is 1. The number of thiophene rings is 1. The zero-order valence-electron chi connectivity index (χ0n) is 15.0. The smallest absolute Gasteiger partial charge is 0.260 e. The Labute approximate surface area is 159 Å². The Morgan fingerprint density at radius 3 is 2.81 bits per heavy atom. The van der Waals surface area contributed by atoms with Crippen molar-refractivity contribution >= 4 is 38.8 Å². The number of nitrogens with zero attached hydrogens (tertiary/aromatic N) is 1. The number of carbonyl (C=O) groups is 1.